The number of carbonyl (C=O) groups excluding carboxylic acids is 1. The van der Waals surface area contributed by atoms with Crippen LogP contribution in [0.15, 0.2) is 0 Å². The molecule has 2 atom stereocenters. The standard InChI is InChI=1S/C11H24N2O/c1-5-10(6-7-12)13-11(14)9(4)8(2)3/h8-10H,5-7,12H2,1-4H3,(H,13,14). The first-order chi connectivity index (χ1) is 6.52. The first kappa shape index (κ1) is 13.4. The molecule has 0 bridgehead atoms. The molecule has 84 valence electrons. The zero-order valence-corrected chi connectivity index (χ0v) is 9.84. The molecule has 0 aromatic carbocycles. The van der Waals surface area contributed by atoms with E-state index in [-0.39, 0.29) is 17.9 Å². The molecule has 0 fully saturated rings. The van der Waals surface area contributed by atoms with E-state index in [4.69, 9.17) is 5.73 Å². The molecule has 2 unspecified atom stereocenters. The van der Waals surface area contributed by atoms with Crippen LogP contribution in [0.4, 0.5) is 0 Å². The van der Waals surface area contributed by atoms with Gasteiger partial charge in [0.15, 0.2) is 0 Å². The van der Waals surface area contributed by atoms with E-state index in [1.807, 2.05) is 6.92 Å². The van der Waals surface area contributed by atoms with Gasteiger partial charge in [-0.25, -0.2) is 0 Å². The lowest BCUT2D eigenvalue weighted by Crippen LogP contribution is -2.40. The third-order valence-electron chi connectivity index (χ3n) is 2.77. The van der Waals surface area contributed by atoms with Crippen LogP contribution in [0.1, 0.15) is 40.5 Å². The van der Waals surface area contributed by atoms with Gasteiger partial charge in [0.2, 0.25) is 5.91 Å². The molecule has 0 saturated carbocycles. The molecule has 0 rings (SSSR count). The predicted molar refractivity (Wildman–Crippen MR) is 59.9 cm³/mol. The molecule has 0 heterocycles. The summed E-state index contributed by atoms with van der Waals surface area (Å²) in [6.45, 7) is 8.80. The van der Waals surface area contributed by atoms with Crippen molar-refractivity contribution in [3.05, 3.63) is 0 Å². The Balaban J connectivity index is 4.01. The van der Waals surface area contributed by atoms with E-state index in [0.29, 0.717) is 12.5 Å². The molecule has 0 aliphatic carbocycles. The zero-order chi connectivity index (χ0) is 11.1. The normalized spacial score (nSPS) is 15.3. The molecule has 0 radical (unpaired) electrons. The Bertz CT molecular complexity index is 169. The largest absolute Gasteiger partial charge is 0.353 e. The van der Waals surface area contributed by atoms with Crippen LogP contribution in [0.2, 0.25) is 0 Å². The van der Waals surface area contributed by atoms with Crippen LogP contribution in [0.3, 0.4) is 0 Å². The topological polar surface area (TPSA) is 55.1 Å². The fourth-order valence-electron chi connectivity index (χ4n) is 1.21. The molecule has 0 aliphatic rings. The van der Waals surface area contributed by atoms with Crippen molar-refractivity contribution in [3.63, 3.8) is 0 Å². The lowest BCUT2D eigenvalue weighted by molar-refractivity contribution is -0.126. The van der Waals surface area contributed by atoms with Crippen molar-refractivity contribution < 1.29 is 4.79 Å². The number of amides is 1. The van der Waals surface area contributed by atoms with Crippen LogP contribution in [0.5, 0.6) is 0 Å². The molecule has 14 heavy (non-hydrogen) atoms. The maximum absolute atomic E-state index is 11.7. The number of hydrogen-bond acceptors (Lipinski definition) is 2. The van der Waals surface area contributed by atoms with Crippen LogP contribution in [0, 0.1) is 11.8 Å². The van der Waals surface area contributed by atoms with Crippen LogP contribution in [-0.4, -0.2) is 18.5 Å². The highest BCUT2D eigenvalue weighted by atomic mass is 16.1. The number of rotatable bonds is 6. The predicted octanol–water partition coefficient (Wildman–Crippen LogP) is 1.52. The summed E-state index contributed by atoms with van der Waals surface area (Å²) in [6.07, 6.45) is 1.82. The molecular formula is C11H24N2O. The van der Waals surface area contributed by atoms with Gasteiger partial charge in [-0.3, -0.25) is 4.79 Å². The first-order valence-electron chi connectivity index (χ1n) is 5.53. The van der Waals surface area contributed by atoms with E-state index < -0.39 is 0 Å². The Labute approximate surface area is 87.4 Å². The summed E-state index contributed by atoms with van der Waals surface area (Å²) in [5, 5.41) is 3.03. The van der Waals surface area contributed by atoms with Gasteiger partial charge in [-0.05, 0) is 25.3 Å². The molecule has 0 saturated heterocycles. The smallest absolute Gasteiger partial charge is 0.223 e. The molecule has 0 aromatic heterocycles. The quantitative estimate of drug-likeness (QED) is 0.683. The lowest BCUT2D eigenvalue weighted by atomic mass is 9.96. The SMILES string of the molecule is CCC(CCN)NC(=O)C(C)C(C)C. The third-order valence-corrected chi connectivity index (χ3v) is 2.77. The average Bonchev–Trinajstić information content (AvgIpc) is 2.15. The van der Waals surface area contributed by atoms with Gasteiger partial charge in [0, 0.05) is 12.0 Å². The van der Waals surface area contributed by atoms with E-state index in [2.05, 4.69) is 26.1 Å². The van der Waals surface area contributed by atoms with Gasteiger partial charge in [-0.1, -0.05) is 27.7 Å². The van der Waals surface area contributed by atoms with E-state index in [0.717, 1.165) is 12.8 Å². The fraction of sp³-hybridized carbons (Fsp3) is 0.909. The van der Waals surface area contributed by atoms with Crippen molar-refractivity contribution in [3.8, 4) is 0 Å². The van der Waals surface area contributed by atoms with Gasteiger partial charge in [0.1, 0.15) is 0 Å². The Morgan fingerprint density at radius 3 is 2.29 bits per heavy atom. The lowest BCUT2D eigenvalue weighted by Gasteiger charge is -2.21. The van der Waals surface area contributed by atoms with Crippen LogP contribution in [-0.2, 0) is 4.79 Å². The summed E-state index contributed by atoms with van der Waals surface area (Å²) in [5.74, 6) is 0.632. The summed E-state index contributed by atoms with van der Waals surface area (Å²) < 4.78 is 0. The van der Waals surface area contributed by atoms with Gasteiger partial charge in [0.05, 0.1) is 0 Å². The highest BCUT2D eigenvalue weighted by Gasteiger charge is 2.18. The molecule has 3 N–H and O–H groups in total. The molecule has 1 amide bonds. The summed E-state index contributed by atoms with van der Waals surface area (Å²) in [5.41, 5.74) is 5.47. The summed E-state index contributed by atoms with van der Waals surface area (Å²) >= 11 is 0. The Kier molecular flexibility index (Phi) is 6.54. The molecule has 0 aliphatic heterocycles. The molecule has 0 aromatic rings. The van der Waals surface area contributed by atoms with E-state index >= 15 is 0 Å². The minimum atomic E-state index is 0.0850. The highest BCUT2D eigenvalue weighted by molar-refractivity contribution is 5.78. The van der Waals surface area contributed by atoms with Crippen LogP contribution < -0.4 is 11.1 Å². The number of carbonyl (C=O) groups is 1. The Hall–Kier alpha value is -0.570. The van der Waals surface area contributed by atoms with Crippen LogP contribution >= 0.6 is 0 Å². The van der Waals surface area contributed by atoms with Crippen molar-refractivity contribution in [2.24, 2.45) is 17.6 Å². The van der Waals surface area contributed by atoms with Gasteiger partial charge >= 0.3 is 0 Å². The van der Waals surface area contributed by atoms with E-state index in [1.54, 1.807) is 0 Å². The average molecular weight is 200 g/mol. The highest BCUT2D eigenvalue weighted by Crippen LogP contribution is 2.10. The maximum Gasteiger partial charge on any atom is 0.223 e. The van der Waals surface area contributed by atoms with Gasteiger partial charge in [-0.2, -0.15) is 0 Å². The maximum atomic E-state index is 11.7. The van der Waals surface area contributed by atoms with E-state index in [1.165, 1.54) is 0 Å². The minimum absolute atomic E-state index is 0.0850. The second-order valence-corrected chi connectivity index (χ2v) is 4.22. The second-order valence-electron chi connectivity index (χ2n) is 4.22. The van der Waals surface area contributed by atoms with Gasteiger partial charge in [-0.15, -0.1) is 0 Å². The zero-order valence-electron chi connectivity index (χ0n) is 9.84. The van der Waals surface area contributed by atoms with Crippen molar-refractivity contribution in [1.82, 2.24) is 5.32 Å². The Morgan fingerprint density at radius 1 is 1.36 bits per heavy atom. The first-order valence-corrected chi connectivity index (χ1v) is 5.53. The Morgan fingerprint density at radius 2 is 1.93 bits per heavy atom. The molecule has 0 spiro atoms. The van der Waals surface area contributed by atoms with Crippen molar-refractivity contribution in [2.45, 2.75) is 46.6 Å². The van der Waals surface area contributed by atoms with Gasteiger partial charge in [0.25, 0.3) is 0 Å². The van der Waals surface area contributed by atoms with Crippen molar-refractivity contribution >= 4 is 5.91 Å². The fourth-order valence-corrected chi connectivity index (χ4v) is 1.21. The van der Waals surface area contributed by atoms with Crippen LogP contribution in [0.25, 0.3) is 0 Å². The van der Waals surface area contributed by atoms with Crippen molar-refractivity contribution in [1.29, 1.82) is 0 Å². The molecule has 3 nitrogen and oxygen atoms in total. The number of hydrogen-bond donors (Lipinski definition) is 2. The second kappa shape index (κ2) is 6.82. The summed E-state index contributed by atoms with van der Waals surface area (Å²) in [6, 6.07) is 0.244. The van der Waals surface area contributed by atoms with E-state index in [9.17, 15) is 4.79 Å². The monoisotopic (exact) mass is 200 g/mol. The minimum Gasteiger partial charge on any atom is -0.353 e. The number of nitrogens with one attached hydrogen (secondary N) is 1. The molecule has 3 heteroatoms. The van der Waals surface area contributed by atoms with Crippen molar-refractivity contribution in [2.75, 3.05) is 6.54 Å². The third kappa shape index (κ3) is 4.61. The molecular weight excluding hydrogens is 176 g/mol. The van der Waals surface area contributed by atoms with Gasteiger partial charge < -0.3 is 11.1 Å². The number of nitrogens with two attached hydrogens (primary N) is 1. The summed E-state index contributed by atoms with van der Waals surface area (Å²) in [4.78, 5) is 11.7. The summed E-state index contributed by atoms with van der Waals surface area (Å²) in [7, 11) is 0.